The average molecular weight is 522 g/mol. The summed E-state index contributed by atoms with van der Waals surface area (Å²) in [5.74, 6) is -0.554. The van der Waals surface area contributed by atoms with Crippen LogP contribution in [0.15, 0.2) is 61.2 Å². The highest BCUT2D eigenvalue weighted by Gasteiger charge is 2.50. The first-order valence-corrected chi connectivity index (χ1v) is 12.4. The van der Waals surface area contributed by atoms with Crippen LogP contribution >= 0.6 is 11.6 Å². The van der Waals surface area contributed by atoms with E-state index in [0.717, 1.165) is 31.9 Å². The van der Waals surface area contributed by atoms with Crippen molar-refractivity contribution in [2.45, 2.75) is 0 Å². The number of aromatic hydroxyl groups is 1. The summed E-state index contributed by atoms with van der Waals surface area (Å²) in [5, 5.41) is 11.5. The van der Waals surface area contributed by atoms with Gasteiger partial charge < -0.3 is 19.8 Å². The molecule has 7 nitrogen and oxygen atoms in total. The standard InChI is InChI=1S/C28H29ClFN5O2/c1-32(2)6-7-34(18-36)26-5-4-19(9-25(26)29)23-10-21(30)11-24(27(23)37)20-8-22(13-31-12-20)35-16-28(17-35)14-33(3)15-28/h4-13,18,37H,14-17H2,1-3H3/b7-6-. The maximum Gasteiger partial charge on any atom is 0.218 e. The van der Waals surface area contributed by atoms with E-state index < -0.39 is 5.82 Å². The number of likely N-dealkylation sites (tertiary alicyclic amines) is 1. The van der Waals surface area contributed by atoms with Crippen molar-refractivity contribution in [3.63, 3.8) is 0 Å². The summed E-state index contributed by atoms with van der Waals surface area (Å²) in [6, 6.07) is 9.50. The number of nitrogens with zero attached hydrogens (tertiary/aromatic N) is 5. The van der Waals surface area contributed by atoms with Crippen LogP contribution in [0.25, 0.3) is 22.3 Å². The number of carbonyl (C=O) groups excluding carboxylic acids is 1. The number of hydrogen-bond donors (Lipinski definition) is 1. The molecule has 192 valence electrons. The first-order valence-electron chi connectivity index (χ1n) is 12.0. The van der Waals surface area contributed by atoms with Crippen LogP contribution < -0.4 is 9.80 Å². The molecule has 0 bridgehead atoms. The predicted octanol–water partition coefficient (Wildman–Crippen LogP) is 4.66. The molecule has 2 aliphatic rings. The van der Waals surface area contributed by atoms with Crippen LogP contribution in [-0.4, -0.2) is 73.6 Å². The highest BCUT2D eigenvalue weighted by molar-refractivity contribution is 6.34. The van der Waals surface area contributed by atoms with Gasteiger partial charge in [0.1, 0.15) is 11.6 Å². The summed E-state index contributed by atoms with van der Waals surface area (Å²) in [5.41, 5.74) is 3.60. The number of hydrogen-bond acceptors (Lipinski definition) is 6. The maximum atomic E-state index is 14.8. The van der Waals surface area contributed by atoms with E-state index in [1.54, 1.807) is 47.9 Å². The van der Waals surface area contributed by atoms with Gasteiger partial charge in [0, 0.05) is 81.0 Å². The zero-order chi connectivity index (χ0) is 26.3. The summed E-state index contributed by atoms with van der Waals surface area (Å²) in [4.78, 5) is 23.7. The Hall–Kier alpha value is -3.62. The normalized spacial score (nSPS) is 16.5. The number of pyridine rings is 1. The van der Waals surface area contributed by atoms with Gasteiger partial charge >= 0.3 is 0 Å². The minimum Gasteiger partial charge on any atom is -0.507 e. The lowest BCUT2D eigenvalue weighted by molar-refractivity contribution is -0.106. The Labute approximate surface area is 221 Å². The fourth-order valence-electron chi connectivity index (χ4n) is 5.29. The van der Waals surface area contributed by atoms with Gasteiger partial charge in [0.15, 0.2) is 0 Å². The topological polar surface area (TPSA) is 63.2 Å². The summed E-state index contributed by atoms with van der Waals surface area (Å²) in [7, 11) is 5.81. The number of amides is 1. The third kappa shape index (κ3) is 4.86. The largest absolute Gasteiger partial charge is 0.507 e. The second-order valence-corrected chi connectivity index (χ2v) is 10.7. The summed E-state index contributed by atoms with van der Waals surface area (Å²) in [6.07, 6.45) is 7.40. The van der Waals surface area contributed by atoms with Crippen LogP contribution in [0.3, 0.4) is 0 Å². The molecule has 3 heterocycles. The lowest BCUT2D eigenvalue weighted by Crippen LogP contribution is -2.71. The van der Waals surface area contributed by atoms with Gasteiger partial charge in [-0.15, -0.1) is 0 Å². The van der Waals surface area contributed by atoms with E-state index in [-0.39, 0.29) is 10.8 Å². The third-order valence-electron chi connectivity index (χ3n) is 6.91. The lowest BCUT2D eigenvalue weighted by Gasteiger charge is -2.60. The Morgan fingerprint density at radius 2 is 1.73 bits per heavy atom. The van der Waals surface area contributed by atoms with E-state index in [2.05, 4.69) is 21.8 Å². The molecule has 3 aromatic rings. The van der Waals surface area contributed by atoms with Crippen LogP contribution in [0.1, 0.15) is 0 Å². The van der Waals surface area contributed by atoms with Crippen molar-refractivity contribution < 1.29 is 14.3 Å². The number of phenolic OH excluding ortho intramolecular Hbond substituents is 1. The van der Waals surface area contributed by atoms with Crippen LogP contribution in [0.2, 0.25) is 5.02 Å². The molecule has 0 atom stereocenters. The van der Waals surface area contributed by atoms with E-state index in [0.29, 0.717) is 39.8 Å². The van der Waals surface area contributed by atoms with E-state index in [1.807, 2.05) is 20.2 Å². The predicted molar refractivity (Wildman–Crippen MR) is 145 cm³/mol. The van der Waals surface area contributed by atoms with Crippen LogP contribution in [-0.2, 0) is 4.79 Å². The Kier molecular flexibility index (Phi) is 6.56. The van der Waals surface area contributed by atoms with Gasteiger partial charge in [-0.2, -0.15) is 0 Å². The van der Waals surface area contributed by atoms with Crippen LogP contribution in [0.5, 0.6) is 5.75 Å². The summed E-state index contributed by atoms with van der Waals surface area (Å²) in [6.45, 7) is 4.13. The molecular weight excluding hydrogens is 493 g/mol. The van der Waals surface area contributed by atoms with E-state index in [1.165, 1.54) is 17.0 Å². The van der Waals surface area contributed by atoms with Gasteiger partial charge in [0.25, 0.3) is 0 Å². The van der Waals surface area contributed by atoms with Gasteiger partial charge in [-0.3, -0.25) is 14.7 Å². The molecule has 1 amide bonds. The molecule has 0 unspecified atom stereocenters. The molecule has 1 spiro atoms. The number of rotatable bonds is 7. The fourth-order valence-corrected chi connectivity index (χ4v) is 5.57. The number of benzene rings is 2. The molecule has 5 rings (SSSR count). The van der Waals surface area contributed by atoms with Gasteiger partial charge in [-0.1, -0.05) is 17.7 Å². The number of anilines is 2. The number of phenols is 1. The first-order chi connectivity index (χ1) is 17.7. The van der Waals surface area contributed by atoms with Gasteiger partial charge in [0.05, 0.1) is 22.6 Å². The van der Waals surface area contributed by atoms with E-state index >= 15 is 0 Å². The highest BCUT2D eigenvalue weighted by atomic mass is 35.5. The van der Waals surface area contributed by atoms with Crippen molar-refractivity contribution >= 4 is 29.4 Å². The molecule has 0 radical (unpaired) electrons. The molecule has 0 saturated carbocycles. The first kappa shape index (κ1) is 25.0. The Balaban J connectivity index is 1.44. The van der Waals surface area contributed by atoms with Crippen molar-refractivity contribution in [2.75, 3.05) is 57.1 Å². The summed E-state index contributed by atoms with van der Waals surface area (Å²) < 4.78 is 14.8. The monoisotopic (exact) mass is 521 g/mol. The van der Waals surface area contributed by atoms with E-state index in [9.17, 15) is 14.3 Å². The second kappa shape index (κ2) is 9.68. The zero-order valence-corrected chi connectivity index (χ0v) is 21.8. The SMILES string of the molecule is CN(C)/C=C\N(C=O)c1ccc(-c2cc(F)cc(-c3cncc(N4CC5(CN(C)C5)C4)c3)c2O)cc1Cl. The molecule has 2 aliphatic heterocycles. The smallest absolute Gasteiger partial charge is 0.218 e. The highest BCUT2D eigenvalue weighted by Crippen LogP contribution is 2.44. The third-order valence-corrected chi connectivity index (χ3v) is 7.22. The molecule has 2 aromatic carbocycles. The number of carbonyl (C=O) groups is 1. The Bertz CT molecular complexity index is 1360. The number of aromatic nitrogens is 1. The van der Waals surface area contributed by atoms with Gasteiger partial charge in [-0.25, -0.2) is 4.39 Å². The fraction of sp³-hybridized carbons (Fsp3) is 0.286. The maximum absolute atomic E-state index is 14.8. The van der Waals surface area contributed by atoms with Crippen molar-refractivity contribution in [2.24, 2.45) is 5.41 Å². The Morgan fingerprint density at radius 3 is 2.35 bits per heavy atom. The zero-order valence-electron chi connectivity index (χ0n) is 21.0. The van der Waals surface area contributed by atoms with Crippen molar-refractivity contribution in [3.8, 4) is 28.0 Å². The van der Waals surface area contributed by atoms with Gasteiger partial charge in [0.2, 0.25) is 6.41 Å². The molecular formula is C28H29ClFN5O2. The van der Waals surface area contributed by atoms with Crippen molar-refractivity contribution in [1.29, 1.82) is 0 Å². The average Bonchev–Trinajstić information content (AvgIpc) is 2.82. The van der Waals surface area contributed by atoms with E-state index in [4.69, 9.17) is 11.6 Å². The second-order valence-electron chi connectivity index (χ2n) is 10.3. The molecule has 2 saturated heterocycles. The molecule has 37 heavy (non-hydrogen) atoms. The van der Waals surface area contributed by atoms with Gasteiger partial charge in [-0.05, 0) is 42.9 Å². The molecule has 1 N–H and O–H groups in total. The van der Waals surface area contributed by atoms with Crippen LogP contribution in [0, 0.1) is 11.2 Å². The summed E-state index contributed by atoms with van der Waals surface area (Å²) >= 11 is 6.50. The number of halogens is 2. The molecule has 9 heteroatoms. The Morgan fingerprint density at radius 1 is 1.03 bits per heavy atom. The minimum absolute atomic E-state index is 0.0652. The van der Waals surface area contributed by atoms with Crippen molar-refractivity contribution in [3.05, 3.63) is 72.0 Å². The van der Waals surface area contributed by atoms with Crippen LogP contribution in [0.4, 0.5) is 15.8 Å². The molecule has 1 aromatic heterocycles. The quantitative estimate of drug-likeness (QED) is 0.456. The molecule has 2 fully saturated rings. The molecule has 0 aliphatic carbocycles. The lowest BCUT2D eigenvalue weighted by atomic mass is 9.73. The minimum atomic E-state index is -0.489. The van der Waals surface area contributed by atoms with Crippen molar-refractivity contribution in [1.82, 2.24) is 14.8 Å².